The lowest BCUT2D eigenvalue weighted by Gasteiger charge is -2.04. The maximum absolute atomic E-state index is 11.8. The quantitative estimate of drug-likeness (QED) is 0.407. The third-order valence-corrected chi connectivity index (χ3v) is 1.94. The van der Waals surface area contributed by atoms with Crippen LogP contribution in [-0.2, 0) is 0 Å². The van der Waals surface area contributed by atoms with Crippen LogP contribution in [0.4, 0.5) is 11.6 Å². The van der Waals surface area contributed by atoms with Gasteiger partial charge in [0.25, 0.3) is 11.5 Å². The minimum atomic E-state index is -0.515. The first-order chi connectivity index (χ1) is 8.69. The summed E-state index contributed by atoms with van der Waals surface area (Å²) >= 11 is 0. The van der Waals surface area contributed by atoms with Crippen LogP contribution in [0.2, 0.25) is 0 Å². The zero-order chi connectivity index (χ0) is 13.0. The first kappa shape index (κ1) is 11.7. The van der Waals surface area contributed by atoms with Gasteiger partial charge >= 0.3 is 0 Å². The fourth-order valence-electron chi connectivity index (χ4n) is 1.14. The first-order valence-corrected chi connectivity index (χ1v) is 4.85. The summed E-state index contributed by atoms with van der Waals surface area (Å²) in [6.07, 6.45) is 2.65. The molecule has 5 N–H and O–H groups in total. The second-order valence-electron chi connectivity index (χ2n) is 3.19. The fourth-order valence-corrected chi connectivity index (χ4v) is 1.14. The zero-order valence-electron chi connectivity index (χ0n) is 9.04. The van der Waals surface area contributed by atoms with Crippen molar-refractivity contribution in [1.29, 1.82) is 0 Å². The molecule has 0 saturated heterocycles. The summed E-state index contributed by atoms with van der Waals surface area (Å²) in [7, 11) is 0. The smallest absolute Gasteiger partial charge is 0.277 e. The lowest BCUT2D eigenvalue weighted by atomic mass is 10.4. The number of hydrazine groups is 1. The van der Waals surface area contributed by atoms with Gasteiger partial charge in [0.2, 0.25) is 0 Å². The van der Waals surface area contributed by atoms with Crippen LogP contribution in [0.15, 0.2) is 29.3 Å². The molecule has 92 valence electrons. The zero-order valence-corrected chi connectivity index (χ0v) is 9.04. The predicted molar refractivity (Wildman–Crippen MR) is 62.7 cm³/mol. The van der Waals surface area contributed by atoms with E-state index >= 15 is 0 Å². The topological polar surface area (TPSA) is 139 Å². The van der Waals surface area contributed by atoms with E-state index < -0.39 is 5.91 Å². The molecule has 2 heterocycles. The molecule has 0 spiro atoms. The van der Waals surface area contributed by atoms with Gasteiger partial charge in [-0.25, -0.2) is 15.9 Å². The van der Waals surface area contributed by atoms with Crippen LogP contribution in [0.1, 0.15) is 10.5 Å². The van der Waals surface area contributed by atoms with Gasteiger partial charge in [0, 0.05) is 6.07 Å². The van der Waals surface area contributed by atoms with Gasteiger partial charge in [-0.2, -0.15) is 5.10 Å². The number of hydrogen-bond acceptors (Lipinski definition) is 7. The summed E-state index contributed by atoms with van der Waals surface area (Å²) in [5.41, 5.74) is 1.99. The van der Waals surface area contributed by atoms with Crippen LogP contribution in [0, 0.1) is 0 Å². The molecule has 1 amide bonds. The van der Waals surface area contributed by atoms with Crippen LogP contribution < -0.4 is 22.1 Å². The summed E-state index contributed by atoms with van der Waals surface area (Å²) in [5, 5.41) is 8.26. The van der Waals surface area contributed by atoms with Gasteiger partial charge in [0.05, 0.1) is 12.4 Å². The number of anilines is 2. The van der Waals surface area contributed by atoms with Crippen molar-refractivity contribution in [2.75, 3.05) is 10.7 Å². The van der Waals surface area contributed by atoms with E-state index in [1.54, 1.807) is 0 Å². The van der Waals surface area contributed by atoms with E-state index in [1.165, 1.54) is 24.5 Å². The van der Waals surface area contributed by atoms with Crippen LogP contribution in [0.5, 0.6) is 0 Å². The Bertz CT molecular complexity index is 604. The molecule has 0 radical (unpaired) electrons. The molecule has 0 aliphatic rings. The number of aromatic nitrogens is 4. The summed E-state index contributed by atoms with van der Waals surface area (Å²) in [5.74, 6) is 5.10. The Morgan fingerprint density at radius 1 is 1.28 bits per heavy atom. The molecule has 2 aromatic rings. The number of hydrogen-bond donors (Lipinski definition) is 4. The Kier molecular flexibility index (Phi) is 3.25. The van der Waals surface area contributed by atoms with Crippen molar-refractivity contribution in [3.63, 3.8) is 0 Å². The predicted octanol–water partition coefficient (Wildman–Crippen LogP) is -0.902. The molecule has 0 fully saturated rings. The van der Waals surface area contributed by atoms with Crippen molar-refractivity contribution in [3.05, 3.63) is 40.6 Å². The van der Waals surface area contributed by atoms with Gasteiger partial charge in [-0.05, 0) is 6.07 Å². The van der Waals surface area contributed by atoms with E-state index in [-0.39, 0.29) is 22.9 Å². The molecule has 0 aromatic carbocycles. The number of H-pyrrole nitrogens is 1. The average Bonchev–Trinajstić information content (AvgIpc) is 2.41. The number of rotatable bonds is 3. The number of carbonyl (C=O) groups excluding carboxylic acids is 1. The standard InChI is InChI=1S/C9H9N7O2/c10-14-7-4-11-3-5(12-7)9(18)13-6-1-2-8(17)16-15-6/h1-4H,10H2,(H,12,14)(H,16,17)(H,13,15,18). The molecule has 9 heteroatoms. The molecule has 2 aromatic heterocycles. The van der Waals surface area contributed by atoms with Crippen molar-refractivity contribution in [2.24, 2.45) is 5.84 Å². The molecule has 0 unspecified atom stereocenters. The molecule has 0 aliphatic carbocycles. The third-order valence-electron chi connectivity index (χ3n) is 1.94. The van der Waals surface area contributed by atoms with Crippen molar-refractivity contribution < 1.29 is 4.79 Å². The number of nitrogens with zero attached hydrogens (tertiary/aromatic N) is 3. The molecule has 0 aliphatic heterocycles. The monoisotopic (exact) mass is 247 g/mol. The Morgan fingerprint density at radius 3 is 2.78 bits per heavy atom. The van der Waals surface area contributed by atoms with E-state index in [4.69, 9.17) is 5.84 Å². The SMILES string of the molecule is NNc1cncc(C(=O)Nc2ccc(=O)[nH]n2)n1. The molecular weight excluding hydrogens is 238 g/mol. The molecule has 9 nitrogen and oxygen atoms in total. The van der Waals surface area contributed by atoms with Gasteiger partial charge < -0.3 is 10.7 Å². The Morgan fingerprint density at radius 2 is 2.11 bits per heavy atom. The van der Waals surface area contributed by atoms with Gasteiger partial charge in [0.1, 0.15) is 5.69 Å². The van der Waals surface area contributed by atoms with Gasteiger partial charge in [-0.15, -0.1) is 0 Å². The first-order valence-electron chi connectivity index (χ1n) is 4.85. The molecule has 2 rings (SSSR count). The maximum Gasteiger partial charge on any atom is 0.277 e. The second-order valence-corrected chi connectivity index (χ2v) is 3.19. The summed E-state index contributed by atoms with van der Waals surface area (Å²) in [6, 6.07) is 2.61. The fraction of sp³-hybridized carbons (Fsp3) is 0. The van der Waals surface area contributed by atoms with E-state index in [0.717, 1.165) is 0 Å². The van der Waals surface area contributed by atoms with Crippen LogP contribution in [0.25, 0.3) is 0 Å². The second kappa shape index (κ2) is 5.01. The Labute approximate surface area is 100 Å². The van der Waals surface area contributed by atoms with E-state index in [0.29, 0.717) is 0 Å². The van der Waals surface area contributed by atoms with Gasteiger partial charge in [-0.3, -0.25) is 14.6 Å². The van der Waals surface area contributed by atoms with Crippen LogP contribution in [-0.4, -0.2) is 26.1 Å². The van der Waals surface area contributed by atoms with Gasteiger partial charge in [0.15, 0.2) is 11.6 Å². The highest BCUT2D eigenvalue weighted by Crippen LogP contribution is 2.03. The third kappa shape index (κ3) is 2.65. The number of nitrogens with one attached hydrogen (secondary N) is 3. The highest BCUT2D eigenvalue weighted by atomic mass is 16.2. The van der Waals surface area contributed by atoms with Crippen molar-refractivity contribution >= 4 is 17.5 Å². The summed E-state index contributed by atoms with van der Waals surface area (Å²) in [6.45, 7) is 0. The molecule has 18 heavy (non-hydrogen) atoms. The minimum absolute atomic E-state index is 0.0680. The van der Waals surface area contributed by atoms with E-state index in [9.17, 15) is 9.59 Å². The minimum Gasteiger partial charge on any atom is -0.307 e. The van der Waals surface area contributed by atoms with E-state index in [2.05, 4.69) is 30.9 Å². The van der Waals surface area contributed by atoms with Crippen LogP contribution in [0.3, 0.4) is 0 Å². The summed E-state index contributed by atoms with van der Waals surface area (Å²) < 4.78 is 0. The van der Waals surface area contributed by atoms with Crippen molar-refractivity contribution in [3.8, 4) is 0 Å². The number of nitrogen functional groups attached to an aromatic ring is 1. The number of nitrogens with two attached hydrogens (primary N) is 1. The van der Waals surface area contributed by atoms with E-state index in [1.807, 2.05) is 0 Å². The summed E-state index contributed by atoms with van der Waals surface area (Å²) in [4.78, 5) is 30.2. The van der Waals surface area contributed by atoms with Crippen molar-refractivity contribution in [1.82, 2.24) is 20.2 Å². The molecule has 0 atom stereocenters. The van der Waals surface area contributed by atoms with Crippen molar-refractivity contribution in [2.45, 2.75) is 0 Å². The number of amides is 1. The Balaban J connectivity index is 2.16. The van der Waals surface area contributed by atoms with Crippen LogP contribution >= 0.6 is 0 Å². The van der Waals surface area contributed by atoms with Gasteiger partial charge in [-0.1, -0.05) is 0 Å². The average molecular weight is 247 g/mol. The number of aromatic amines is 1. The lowest BCUT2D eigenvalue weighted by Crippen LogP contribution is -2.18. The Hall–Kier alpha value is -2.81. The highest BCUT2D eigenvalue weighted by Gasteiger charge is 2.09. The number of carbonyl (C=O) groups is 1. The normalized spacial score (nSPS) is 9.83. The molecule has 0 bridgehead atoms. The molecule has 0 saturated carbocycles. The lowest BCUT2D eigenvalue weighted by molar-refractivity contribution is 0.102. The maximum atomic E-state index is 11.8. The molecular formula is C9H9N7O2. The largest absolute Gasteiger partial charge is 0.307 e. The highest BCUT2D eigenvalue weighted by molar-refractivity contribution is 6.02.